The highest BCUT2D eigenvalue weighted by Crippen LogP contribution is 2.11. The molecule has 1 aliphatic rings. The Labute approximate surface area is 106 Å². The average Bonchev–Trinajstić information content (AvgIpc) is 2.69. The van der Waals surface area contributed by atoms with Crippen LogP contribution in [0.5, 0.6) is 0 Å². The number of hydrogen-bond donors (Lipinski definition) is 1. The Hall–Kier alpha value is -2.04. The van der Waals surface area contributed by atoms with Gasteiger partial charge in [-0.05, 0) is 12.1 Å². The molecule has 0 aromatic heterocycles. The van der Waals surface area contributed by atoms with Gasteiger partial charge in [0.2, 0.25) is 0 Å². The normalized spacial score (nSPS) is 18.6. The van der Waals surface area contributed by atoms with Crippen LogP contribution in [0.2, 0.25) is 0 Å². The second kappa shape index (κ2) is 5.53. The summed E-state index contributed by atoms with van der Waals surface area (Å²) in [5.41, 5.74) is 0.637. The standard InChI is InChI=1S/C13H16N2O3/c1-15-9-11(18-13(15)17)7-8-14-12(16)10-5-3-2-4-6-10/h2-6,11H,7-9H2,1H3,(H,14,16). The van der Waals surface area contributed by atoms with Crippen LogP contribution in [0, 0.1) is 0 Å². The van der Waals surface area contributed by atoms with Gasteiger partial charge in [-0.1, -0.05) is 18.2 Å². The lowest BCUT2D eigenvalue weighted by atomic mass is 10.2. The molecule has 1 aromatic rings. The molecule has 5 nitrogen and oxygen atoms in total. The van der Waals surface area contributed by atoms with E-state index in [-0.39, 0.29) is 18.1 Å². The zero-order valence-corrected chi connectivity index (χ0v) is 10.3. The Morgan fingerprint density at radius 1 is 1.44 bits per heavy atom. The molecule has 1 heterocycles. The summed E-state index contributed by atoms with van der Waals surface area (Å²) < 4.78 is 5.10. The molecule has 1 fully saturated rings. The first-order chi connectivity index (χ1) is 8.66. The number of ether oxygens (including phenoxy) is 1. The molecule has 0 saturated carbocycles. The van der Waals surface area contributed by atoms with Crippen molar-refractivity contribution in [3.05, 3.63) is 35.9 Å². The minimum atomic E-state index is -0.297. The van der Waals surface area contributed by atoms with E-state index >= 15 is 0 Å². The second-order valence-corrected chi connectivity index (χ2v) is 4.30. The molecule has 96 valence electrons. The van der Waals surface area contributed by atoms with Gasteiger partial charge in [-0.25, -0.2) is 4.79 Å². The van der Waals surface area contributed by atoms with Crippen molar-refractivity contribution in [2.75, 3.05) is 20.1 Å². The molecule has 1 atom stereocenters. The number of carbonyl (C=O) groups is 2. The third kappa shape index (κ3) is 3.00. The maximum absolute atomic E-state index is 11.7. The molecule has 0 radical (unpaired) electrons. The molecule has 0 spiro atoms. The zero-order chi connectivity index (χ0) is 13.0. The van der Waals surface area contributed by atoms with Crippen LogP contribution in [0.4, 0.5) is 4.79 Å². The number of hydrogen-bond acceptors (Lipinski definition) is 3. The van der Waals surface area contributed by atoms with E-state index in [1.165, 1.54) is 4.90 Å². The highest BCUT2D eigenvalue weighted by molar-refractivity contribution is 5.94. The van der Waals surface area contributed by atoms with Gasteiger partial charge in [-0.15, -0.1) is 0 Å². The SMILES string of the molecule is CN1CC(CCNC(=O)c2ccccc2)OC1=O. The molecule has 5 heteroatoms. The van der Waals surface area contributed by atoms with E-state index in [4.69, 9.17) is 4.74 Å². The summed E-state index contributed by atoms with van der Waals surface area (Å²) in [7, 11) is 1.70. The van der Waals surface area contributed by atoms with Crippen LogP contribution in [0.3, 0.4) is 0 Å². The third-order valence-corrected chi connectivity index (χ3v) is 2.84. The molecule has 1 aromatic carbocycles. The molecule has 2 rings (SSSR count). The molecule has 18 heavy (non-hydrogen) atoms. The Balaban J connectivity index is 1.73. The first-order valence-electron chi connectivity index (χ1n) is 5.92. The number of likely N-dealkylation sites (N-methyl/N-ethyl adjacent to an activating group) is 1. The number of rotatable bonds is 4. The summed E-state index contributed by atoms with van der Waals surface area (Å²) in [6, 6.07) is 9.03. The summed E-state index contributed by atoms with van der Waals surface area (Å²) in [5.74, 6) is -0.103. The van der Waals surface area contributed by atoms with Crippen molar-refractivity contribution in [2.24, 2.45) is 0 Å². The third-order valence-electron chi connectivity index (χ3n) is 2.84. The van der Waals surface area contributed by atoms with Gasteiger partial charge in [-0.2, -0.15) is 0 Å². The Morgan fingerprint density at radius 2 is 2.17 bits per heavy atom. The van der Waals surface area contributed by atoms with E-state index in [1.807, 2.05) is 18.2 Å². The number of nitrogens with one attached hydrogen (secondary N) is 1. The van der Waals surface area contributed by atoms with Crippen LogP contribution in [0.1, 0.15) is 16.8 Å². The fourth-order valence-corrected chi connectivity index (χ4v) is 1.84. The lowest BCUT2D eigenvalue weighted by Gasteiger charge is -2.09. The van der Waals surface area contributed by atoms with Crippen LogP contribution in [0.25, 0.3) is 0 Å². The number of amides is 2. The first-order valence-corrected chi connectivity index (χ1v) is 5.92. The summed E-state index contributed by atoms with van der Waals surface area (Å²) in [6.45, 7) is 1.08. The molecular formula is C13H16N2O3. The van der Waals surface area contributed by atoms with Crippen LogP contribution in [-0.2, 0) is 4.74 Å². The van der Waals surface area contributed by atoms with Gasteiger partial charge in [0, 0.05) is 25.6 Å². The van der Waals surface area contributed by atoms with Gasteiger partial charge in [-0.3, -0.25) is 4.79 Å². The largest absolute Gasteiger partial charge is 0.444 e. The van der Waals surface area contributed by atoms with Crippen LogP contribution in [-0.4, -0.2) is 43.1 Å². The number of cyclic esters (lactones) is 1. The van der Waals surface area contributed by atoms with Gasteiger partial charge in [0.1, 0.15) is 6.10 Å². The predicted octanol–water partition coefficient (Wildman–Crippen LogP) is 1.26. The van der Waals surface area contributed by atoms with Crippen molar-refractivity contribution in [1.29, 1.82) is 0 Å². The highest BCUT2D eigenvalue weighted by Gasteiger charge is 2.27. The van der Waals surface area contributed by atoms with Crippen molar-refractivity contribution in [1.82, 2.24) is 10.2 Å². The van der Waals surface area contributed by atoms with E-state index in [0.29, 0.717) is 25.1 Å². The quantitative estimate of drug-likeness (QED) is 0.872. The van der Waals surface area contributed by atoms with E-state index < -0.39 is 0 Å². The van der Waals surface area contributed by atoms with Crippen molar-refractivity contribution >= 4 is 12.0 Å². The molecule has 1 saturated heterocycles. The molecule has 1 unspecified atom stereocenters. The molecular weight excluding hydrogens is 232 g/mol. The van der Waals surface area contributed by atoms with Crippen LogP contribution < -0.4 is 5.32 Å². The minimum Gasteiger partial charge on any atom is -0.444 e. The minimum absolute atomic E-state index is 0.103. The Bertz CT molecular complexity index is 433. The van der Waals surface area contributed by atoms with E-state index in [9.17, 15) is 9.59 Å². The fourth-order valence-electron chi connectivity index (χ4n) is 1.84. The lowest BCUT2D eigenvalue weighted by molar-refractivity contribution is 0.0944. The van der Waals surface area contributed by atoms with Crippen LogP contribution in [0.15, 0.2) is 30.3 Å². The molecule has 1 N–H and O–H groups in total. The van der Waals surface area contributed by atoms with Crippen molar-refractivity contribution in [2.45, 2.75) is 12.5 Å². The smallest absolute Gasteiger partial charge is 0.409 e. The summed E-state index contributed by atoms with van der Waals surface area (Å²) >= 11 is 0. The lowest BCUT2D eigenvalue weighted by Crippen LogP contribution is -2.28. The number of carbonyl (C=O) groups excluding carboxylic acids is 2. The van der Waals surface area contributed by atoms with E-state index in [1.54, 1.807) is 19.2 Å². The molecule has 1 aliphatic heterocycles. The summed E-state index contributed by atoms with van der Waals surface area (Å²) in [6.07, 6.45) is 0.210. The maximum atomic E-state index is 11.7. The Morgan fingerprint density at radius 3 is 2.78 bits per heavy atom. The topological polar surface area (TPSA) is 58.6 Å². The van der Waals surface area contributed by atoms with Crippen molar-refractivity contribution < 1.29 is 14.3 Å². The maximum Gasteiger partial charge on any atom is 0.409 e. The van der Waals surface area contributed by atoms with Gasteiger partial charge in [0.15, 0.2) is 0 Å². The van der Waals surface area contributed by atoms with E-state index in [0.717, 1.165) is 0 Å². The van der Waals surface area contributed by atoms with Gasteiger partial charge >= 0.3 is 6.09 Å². The van der Waals surface area contributed by atoms with Gasteiger partial charge < -0.3 is 15.0 Å². The number of benzene rings is 1. The molecule has 0 bridgehead atoms. The first kappa shape index (κ1) is 12.4. The molecule has 0 aliphatic carbocycles. The van der Waals surface area contributed by atoms with Gasteiger partial charge in [0.25, 0.3) is 5.91 Å². The number of nitrogens with zero attached hydrogens (tertiary/aromatic N) is 1. The van der Waals surface area contributed by atoms with Crippen LogP contribution >= 0.6 is 0 Å². The highest BCUT2D eigenvalue weighted by atomic mass is 16.6. The Kier molecular flexibility index (Phi) is 3.82. The van der Waals surface area contributed by atoms with Crippen molar-refractivity contribution in [3.63, 3.8) is 0 Å². The average molecular weight is 248 g/mol. The molecule has 2 amide bonds. The van der Waals surface area contributed by atoms with Gasteiger partial charge in [0.05, 0.1) is 6.54 Å². The summed E-state index contributed by atoms with van der Waals surface area (Å²) in [4.78, 5) is 24.4. The monoisotopic (exact) mass is 248 g/mol. The summed E-state index contributed by atoms with van der Waals surface area (Å²) in [5, 5.41) is 2.81. The predicted molar refractivity (Wildman–Crippen MR) is 66.3 cm³/mol. The van der Waals surface area contributed by atoms with E-state index in [2.05, 4.69) is 5.32 Å². The zero-order valence-electron chi connectivity index (χ0n) is 10.3. The fraction of sp³-hybridized carbons (Fsp3) is 0.385. The second-order valence-electron chi connectivity index (χ2n) is 4.30. The van der Waals surface area contributed by atoms with Crippen molar-refractivity contribution in [3.8, 4) is 0 Å².